The zero-order chi connectivity index (χ0) is 22.2. The Balaban J connectivity index is 1.46. The molecular weight excluding hydrogens is 424 g/mol. The minimum atomic E-state index is -3.56. The Labute approximate surface area is 181 Å². The molecule has 0 saturated carbocycles. The van der Waals surface area contributed by atoms with Gasteiger partial charge in [-0.3, -0.25) is 4.90 Å². The number of benzene rings is 2. The Morgan fingerprint density at radius 2 is 1.74 bits per heavy atom. The van der Waals surface area contributed by atoms with Gasteiger partial charge in [-0.1, -0.05) is 6.08 Å². The van der Waals surface area contributed by atoms with E-state index in [2.05, 4.69) is 4.90 Å². The van der Waals surface area contributed by atoms with Crippen LogP contribution >= 0.6 is 0 Å². The van der Waals surface area contributed by atoms with Gasteiger partial charge in [-0.2, -0.15) is 0 Å². The summed E-state index contributed by atoms with van der Waals surface area (Å²) in [6, 6.07) is 6.74. The SMILES string of the molecule is COc1cc2c(cc1OC)S(=O)(=O)C(=CC1CCN(Cc3cc(F)ccc3F)CC1)C2. The number of rotatable bonds is 5. The molecule has 5 nitrogen and oxygen atoms in total. The number of nitrogens with zero attached hydrogens (tertiary/aromatic N) is 1. The first-order valence-corrected chi connectivity index (χ1v) is 11.7. The van der Waals surface area contributed by atoms with Crippen LogP contribution in [-0.4, -0.2) is 40.6 Å². The summed E-state index contributed by atoms with van der Waals surface area (Å²) >= 11 is 0. The highest BCUT2D eigenvalue weighted by Gasteiger charge is 2.34. The average molecular weight is 450 g/mol. The van der Waals surface area contributed by atoms with E-state index in [1.807, 2.05) is 6.08 Å². The molecule has 31 heavy (non-hydrogen) atoms. The van der Waals surface area contributed by atoms with Crippen LogP contribution in [-0.2, 0) is 22.8 Å². The van der Waals surface area contributed by atoms with Crippen molar-refractivity contribution >= 4 is 9.84 Å². The maximum absolute atomic E-state index is 13.9. The molecule has 0 unspecified atom stereocenters. The minimum absolute atomic E-state index is 0.122. The summed E-state index contributed by atoms with van der Waals surface area (Å²) < 4.78 is 64.0. The Bertz CT molecular complexity index is 1120. The fourth-order valence-electron chi connectivity index (χ4n) is 4.31. The van der Waals surface area contributed by atoms with Crippen molar-refractivity contribution < 1.29 is 26.7 Å². The molecule has 8 heteroatoms. The van der Waals surface area contributed by atoms with Crippen molar-refractivity contribution in [3.05, 3.63) is 64.1 Å². The van der Waals surface area contributed by atoms with Gasteiger partial charge in [-0.05, 0) is 61.7 Å². The lowest BCUT2D eigenvalue weighted by atomic mass is 9.95. The van der Waals surface area contributed by atoms with Crippen LogP contribution in [0.5, 0.6) is 11.5 Å². The van der Waals surface area contributed by atoms with Crippen LogP contribution in [0.3, 0.4) is 0 Å². The number of fused-ring (bicyclic) bond motifs is 1. The molecule has 0 atom stereocenters. The maximum atomic E-state index is 13.9. The molecule has 0 radical (unpaired) electrons. The van der Waals surface area contributed by atoms with Crippen molar-refractivity contribution in [1.29, 1.82) is 0 Å². The molecular formula is C23H25F2NO4S. The molecule has 2 aliphatic heterocycles. The zero-order valence-electron chi connectivity index (χ0n) is 17.5. The van der Waals surface area contributed by atoms with Gasteiger partial charge in [-0.25, -0.2) is 17.2 Å². The van der Waals surface area contributed by atoms with Crippen LogP contribution < -0.4 is 9.47 Å². The van der Waals surface area contributed by atoms with E-state index in [4.69, 9.17) is 9.47 Å². The topological polar surface area (TPSA) is 55.8 Å². The van der Waals surface area contributed by atoms with E-state index in [-0.39, 0.29) is 10.8 Å². The zero-order valence-corrected chi connectivity index (χ0v) is 18.3. The fourth-order valence-corrected chi connectivity index (χ4v) is 6.05. The lowest BCUT2D eigenvalue weighted by molar-refractivity contribution is 0.193. The number of allylic oxidation sites excluding steroid dienone is 2. The first-order chi connectivity index (χ1) is 14.8. The van der Waals surface area contributed by atoms with E-state index in [1.54, 1.807) is 6.07 Å². The van der Waals surface area contributed by atoms with Gasteiger partial charge in [0.25, 0.3) is 0 Å². The quantitative estimate of drug-likeness (QED) is 0.688. The normalized spacial score (nSPS) is 20.1. The van der Waals surface area contributed by atoms with E-state index >= 15 is 0 Å². The van der Waals surface area contributed by atoms with Crippen molar-refractivity contribution in [1.82, 2.24) is 4.90 Å². The van der Waals surface area contributed by atoms with Crippen LogP contribution in [0.15, 0.2) is 46.2 Å². The van der Waals surface area contributed by atoms with Gasteiger partial charge in [0.1, 0.15) is 11.6 Å². The summed E-state index contributed by atoms with van der Waals surface area (Å²) in [6.07, 6.45) is 3.74. The van der Waals surface area contributed by atoms with Crippen molar-refractivity contribution in [3.8, 4) is 11.5 Å². The molecule has 2 heterocycles. The van der Waals surface area contributed by atoms with Gasteiger partial charge >= 0.3 is 0 Å². The summed E-state index contributed by atoms with van der Waals surface area (Å²) in [7, 11) is -0.555. The van der Waals surface area contributed by atoms with Crippen molar-refractivity contribution in [3.63, 3.8) is 0 Å². The third kappa shape index (κ3) is 4.32. The summed E-state index contributed by atoms with van der Waals surface area (Å²) in [5.74, 6) is 0.164. The molecule has 0 N–H and O–H groups in total. The average Bonchev–Trinajstić information content (AvgIpc) is 3.00. The predicted molar refractivity (Wildman–Crippen MR) is 113 cm³/mol. The Morgan fingerprint density at radius 3 is 2.42 bits per heavy atom. The third-order valence-electron chi connectivity index (χ3n) is 6.02. The summed E-state index contributed by atoms with van der Waals surface area (Å²) in [4.78, 5) is 2.75. The highest BCUT2D eigenvalue weighted by atomic mass is 32.2. The first kappa shape index (κ1) is 21.8. The van der Waals surface area contributed by atoms with E-state index < -0.39 is 21.5 Å². The molecule has 0 aromatic heterocycles. The number of likely N-dealkylation sites (tertiary alicyclic amines) is 1. The first-order valence-electron chi connectivity index (χ1n) is 10.2. The minimum Gasteiger partial charge on any atom is -0.493 e. The van der Waals surface area contributed by atoms with Crippen molar-refractivity contribution in [2.75, 3.05) is 27.3 Å². The number of hydrogen-bond acceptors (Lipinski definition) is 5. The van der Waals surface area contributed by atoms with Crippen molar-refractivity contribution in [2.24, 2.45) is 5.92 Å². The summed E-state index contributed by atoms with van der Waals surface area (Å²) in [5.41, 5.74) is 1.05. The van der Waals surface area contributed by atoms with Gasteiger partial charge in [-0.15, -0.1) is 0 Å². The number of hydrogen-bond donors (Lipinski definition) is 0. The molecule has 2 aliphatic rings. The smallest absolute Gasteiger partial charge is 0.203 e. The van der Waals surface area contributed by atoms with Crippen LogP contribution in [0.2, 0.25) is 0 Å². The van der Waals surface area contributed by atoms with Gasteiger partial charge < -0.3 is 9.47 Å². The number of methoxy groups -OCH3 is 2. The van der Waals surface area contributed by atoms with E-state index in [0.29, 0.717) is 53.6 Å². The lowest BCUT2D eigenvalue weighted by Crippen LogP contribution is -2.33. The molecule has 2 aromatic rings. The second-order valence-corrected chi connectivity index (χ2v) is 9.95. The summed E-state index contributed by atoms with van der Waals surface area (Å²) in [5, 5.41) is 0. The van der Waals surface area contributed by atoms with Crippen LogP contribution in [0, 0.1) is 17.6 Å². The number of ether oxygens (including phenoxy) is 2. The molecule has 0 aliphatic carbocycles. The van der Waals surface area contributed by atoms with E-state index in [0.717, 1.165) is 25.0 Å². The molecule has 166 valence electrons. The second kappa shape index (κ2) is 8.59. The number of piperidine rings is 1. The Hall–Kier alpha value is -2.45. The maximum Gasteiger partial charge on any atom is 0.203 e. The fraction of sp³-hybridized carbons (Fsp3) is 0.391. The highest BCUT2D eigenvalue weighted by Crippen LogP contribution is 2.41. The number of sulfone groups is 1. The molecule has 0 spiro atoms. The second-order valence-electron chi connectivity index (χ2n) is 7.98. The predicted octanol–water partition coefficient (Wildman–Crippen LogP) is 4.11. The highest BCUT2D eigenvalue weighted by molar-refractivity contribution is 7.95. The van der Waals surface area contributed by atoms with E-state index in [1.165, 1.54) is 26.4 Å². The molecule has 1 fully saturated rings. The van der Waals surface area contributed by atoms with Gasteiger partial charge in [0.15, 0.2) is 11.5 Å². The number of halogens is 2. The van der Waals surface area contributed by atoms with Crippen LogP contribution in [0.4, 0.5) is 8.78 Å². The monoisotopic (exact) mass is 449 g/mol. The molecule has 0 amide bonds. The summed E-state index contributed by atoms with van der Waals surface area (Å²) in [6.45, 7) is 1.73. The molecule has 1 saturated heterocycles. The van der Waals surface area contributed by atoms with Gasteiger partial charge in [0.2, 0.25) is 9.84 Å². The van der Waals surface area contributed by atoms with Crippen LogP contribution in [0.1, 0.15) is 24.0 Å². The lowest BCUT2D eigenvalue weighted by Gasteiger charge is -2.31. The molecule has 4 rings (SSSR count). The largest absolute Gasteiger partial charge is 0.493 e. The van der Waals surface area contributed by atoms with E-state index in [9.17, 15) is 17.2 Å². The molecule has 2 aromatic carbocycles. The van der Waals surface area contributed by atoms with Gasteiger partial charge in [0.05, 0.1) is 19.1 Å². The Morgan fingerprint density at radius 1 is 1.06 bits per heavy atom. The standard InChI is InChI=1S/C23H25F2NO4S/c1-29-21-12-16-11-19(31(27,28)23(16)13-22(21)30-2)9-15-5-7-26(8-6-15)14-17-10-18(24)3-4-20(17)25/h3-4,9-10,12-13,15H,5-8,11,14H2,1-2H3. The third-order valence-corrected chi connectivity index (χ3v) is 7.95. The van der Waals surface area contributed by atoms with Gasteiger partial charge in [0, 0.05) is 29.5 Å². The molecule has 0 bridgehead atoms. The Kier molecular flexibility index (Phi) is 6.03. The van der Waals surface area contributed by atoms with Crippen molar-refractivity contribution in [2.45, 2.75) is 30.7 Å². The van der Waals surface area contributed by atoms with Crippen LogP contribution in [0.25, 0.3) is 0 Å².